The van der Waals surface area contributed by atoms with Gasteiger partial charge in [0.15, 0.2) is 5.82 Å². The summed E-state index contributed by atoms with van der Waals surface area (Å²) in [5.74, 6) is -6.45. The Morgan fingerprint density at radius 1 is 0.875 bits per heavy atom. The van der Waals surface area contributed by atoms with Crippen molar-refractivity contribution in [3.05, 3.63) is 87.2 Å². The highest BCUT2D eigenvalue weighted by molar-refractivity contribution is 6.53. The lowest BCUT2D eigenvalue weighted by molar-refractivity contribution is -0.117. The molecule has 1 aliphatic rings. The van der Waals surface area contributed by atoms with Crippen LogP contribution >= 0.6 is 46.4 Å². The number of benzene rings is 3. The Balaban J connectivity index is 1.51. The van der Waals surface area contributed by atoms with Crippen molar-refractivity contribution in [2.45, 2.75) is 30.0 Å². The van der Waals surface area contributed by atoms with Gasteiger partial charge >= 0.3 is 0 Å². The average molecular weight is 633 g/mol. The number of halogens is 7. The summed E-state index contributed by atoms with van der Waals surface area (Å²) in [7, 11) is 0. The standard InChI is InChI=1S/C27H20Cl4F3N3O3/c1-2-3-20(38)37-24-18(33)8-9-19(23(24)34)36-25(39)14-11-13(5-6-15(14)28)35-26(40)22-21(27(22,30)31)12-4-7-17(32)16(29)10-12/h4-11,21-22H,2-3H2,1H3,(H,35,40)(H,36,39)(H,37,38). The maximum Gasteiger partial charge on any atom is 0.257 e. The van der Waals surface area contributed by atoms with E-state index in [0.29, 0.717) is 12.0 Å². The SMILES string of the molecule is CCCC(=O)Nc1c(F)ccc(NC(=O)c2cc(NC(=O)C3C(c4ccc(F)c(Cl)c4)C3(Cl)Cl)ccc2Cl)c1F. The Kier molecular flexibility index (Phi) is 8.89. The lowest BCUT2D eigenvalue weighted by Gasteiger charge is -2.13. The van der Waals surface area contributed by atoms with E-state index in [-0.39, 0.29) is 27.7 Å². The molecule has 2 unspecified atom stereocenters. The van der Waals surface area contributed by atoms with Crippen molar-refractivity contribution in [3.8, 4) is 0 Å². The van der Waals surface area contributed by atoms with E-state index in [1.165, 1.54) is 30.3 Å². The van der Waals surface area contributed by atoms with Gasteiger partial charge in [-0.25, -0.2) is 13.2 Å². The van der Waals surface area contributed by atoms with Gasteiger partial charge in [-0.3, -0.25) is 14.4 Å². The van der Waals surface area contributed by atoms with Crippen molar-refractivity contribution in [3.63, 3.8) is 0 Å². The van der Waals surface area contributed by atoms with E-state index < -0.39 is 62.7 Å². The molecule has 3 aromatic carbocycles. The molecule has 3 N–H and O–H groups in total. The summed E-state index contributed by atoms with van der Waals surface area (Å²) in [5, 5.41) is 6.89. The molecule has 1 saturated carbocycles. The Labute approximate surface area is 247 Å². The number of amides is 3. The van der Waals surface area contributed by atoms with Crippen LogP contribution in [-0.4, -0.2) is 22.1 Å². The minimum absolute atomic E-state index is 0.0243. The lowest BCUT2D eigenvalue weighted by Crippen LogP contribution is -2.19. The first-order valence-corrected chi connectivity index (χ1v) is 13.4. The summed E-state index contributed by atoms with van der Waals surface area (Å²) < 4.78 is 41.2. The summed E-state index contributed by atoms with van der Waals surface area (Å²) in [6, 6.07) is 9.81. The van der Waals surface area contributed by atoms with Crippen LogP contribution < -0.4 is 16.0 Å². The zero-order valence-electron chi connectivity index (χ0n) is 20.6. The molecule has 0 bridgehead atoms. The van der Waals surface area contributed by atoms with Crippen molar-refractivity contribution < 1.29 is 27.6 Å². The van der Waals surface area contributed by atoms with Crippen molar-refractivity contribution in [1.29, 1.82) is 0 Å². The van der Waals surface area contributed by atoms with Crippen LogP contribution in [0.3, 0.4) is 0 Å². The van der Waals surface area contributed by atoms with E-state index in [0.717, 1.165) is 18.2 Å². The molecule has 3 amide bonds. The number of nitrogens with one attached hydrogen (secondary N) is 3. The predicted molar refractivity (Wildman–Crippen MR) is 150 cm³/mol. The van der Waals surface area contributed by atoms with Gasteiger partial charge in [0, 0.05) is 18.0 Å². The fourth-order valence-corrected chi connectivity index (χ4v) is 5.37. The van der Waals surface area contributed by atoms with Crippen molar-refractivity contribution in [2.75, 3.05) is 16.0 Å². The lowest BCUT2D eigenvalue weighted by atomic mass is 10.1. The number of hydrogen-bond donors (Lipinski definition) is 3. The molecule has 6 nitrogen and oxygen atoms in total. The molecule has 1 fully saturated rings. The second-order valence-corrected chi connectivity index (χ2v) is 11.3. The normalized spacial score (nSPS) is 17.2. The van der Waals surface area contributed by atoms with Crippen LogP contribution in [0.4, 0.5) is 30.2 Å². The first-order chi connectivity index (χ1) is 18.8. The number of hydrogen-bond acceptors (Lipinski definition) is 3. The smallest absolute Gasteiger partial charge is 0.257 e. The van der Waals surface area contributed by atoms with Gasteiger partial charge in [-0.05, 0) is 54.4 Å². The monoisotopic (exact) mass is 631 g/mol. The Morgan fingerprint density at radius 3 is 2.25 bits per heavy atom. The predicted octanol–water partition coefficient (Wildman–Crippen LogP) is 7.93. The molecule has 0 aliphatic heterocycles. The third-order valence-electron chi connectivity index (χ3n) is 6.20. The molecular weight excluding hydrogens is 613 g/mol. The molecule has 0 heterocycles. The molecule has 0 spiro atoms. The van der Waals surface area contributed by atoms with Crippen LogP contribution in [0.2, 0.25) is 10.0 Å². The molecule has 0 radical (unpaired) electrons. The summed E-state index contributed by atoms with van der Waals surface area (Å²) in [6.45, 7) is 1.73. The van der Waals surface area contributed by atoms with Gasteiger partial charge in [-0.2, -0.15) is 0 Å². The number of rotatable bonds is 8. The second-order valence-electron chi connectivity index (χ2n) is 9.02. The van der Waals surface area contributed by atoms with Crippen LogP contribution in [0.5, 0.6) is 0 Å². The number of anilines is 3. The summed E-state index contributed by atoms with van der Waals surface area (Å²) in [4.78, 5) is 37.8. The summed E-state index contributed by atoms with van der Waals surface area (Å²) >= 11 is 24.7. The van der Waals surface area contributed by atoms with Crippen molar-refractivity contribution >= 4 is 81.2 Å². The zero-order valence-corrected chi connectivity index (χ0v) is 23.6. The van der Waals surface area contributed by atoms with Crippen LogP contribution in [0, 0.1) is 23.4 Å². The first kappa shape index (κ1) is 30.0. The quantitative estimate of drug-likeness (QED) is 0.220. The van der Waals surface area contributed by atoms with E-state index in [9.17, 15) is 27.6 Å². The Bertz CT molecular complexity index is 1520. The number of alkyl halides is 2. The summed E-state index contributed by atoms with van der Waals surface area (Å²) in [5.41, 5.74) is -0.620. The topological polar surface area (TPSA) is 87.3 Å². The van der Waals surface area contributed by atoms with Crippen LogP contribution in [0.25, 0.3) is 0 Å². The van der Waals surface area contributed by atoms with Crippen LogP contribution in [0.15, 0.2) is 48.5 Å². The summed E-state index contributed by atoms with van der Waals surface area (Å²) in [6.07, 6.45) is 0.521. The third kappa shape index (κ3) is 6.17. The molecule has 2 atom stereocenters. The molecule has 40 heavy (non-hydrogen) atoms. The maximum absolute atomic E-state index is 14.9. The molecule has 0 saturated heterocycles. The highest BCUT2D eigenvalue weighted by Gasteiger charge is 2.67. The van der Waals surface area contributed by atoms with Gasteiger partial charge in [-0.15, -0.1) is 23.2 Å². The third-order valence-corrected chi connectivity index (χ3v) is 7.76. The molecule has 1 aliphatic carbocycles. The van der Waals surface area contributed by atoms with E-state index >= 15 is 0 Å². The molecule has 13 heteroatoms. The average Bonchev–Trinajstić information content (AvgIpc) is 3.48. The van der Waals surface area contributed by atoms with Gasteiger partial charge in [0.25, 0.3) is 5.91 Å². The van der Waals surface area contributed by atoms with Gasteiger partial charge in [-0.1, -0.05) is 36.2 Å². The molecule has 210 valence electrons. The maximum atomic E-state index is 14.9. The molecule has 0 aromatic heterocycles. The van der Waals surface area contributed by atoms with Crippen molar-refractivity contribution in [2.24, 2.45) is 5.92 Å². The highest BCUT2D eigenvalue weighted by atomic mass is 35.5. The molecule has 3 aromatic rings. The minimum atomic E-state index is -1.48. The van der Waals surface area contributed by atoms with E-state index in [4.69, 9.17) is 46.4 Å². The van der Waals surface area contributed by atoms with Gasteiger partial charge < -0.3 is 16.0 Å². The fraction of sp³-hybridized carbons (Fsp3) is 0.222. The Morgan fingerprint density at radius 2 is 1.57 bits per heavy atom. The van der Waals surface area contributed by atoms with Gasteiger partial charge in [0.2, 0.25) is 11.8 Å². The van der Waals surface area contributed by atoms with Crippen molar-refractivity contribution in [1.82, 2.24) is 0 Å². The van der Waals surface area contributed by atoms with Gasteiger partial charge in [0.1, 0.15) is 21.7 Å². The van der Waals surface area contributed by atoms with E-state index in [2.05, 4.69) is 16.0 Å². The molecular formula is C27H20Cl4F3N3O3. The number of carbonyl (C=O) groups excluding carboxylic acids is 3. The van der Waals surface area contributed by atoms with E-state index in [1.807, 2.05) is 0 Å². The van der Waals surface area contributed by atoms with Gasteiger partial charge in [0.05, 0.1) is 27.2 Å². The largest absolute Gasteiger partial charge is 0.326 e. The zero-order chi connectivity index (χ0) is 29.4. The minimum Gasteiger partial charge on any atom is -0.326 e. The van der Waals surface area contributed by atoms with E-state index in [1.54, 1.807) is 6.92 Å². The van der Waals surface area contributed by atoms with Crippen LogP contribution in [0.1, 0.15) is 41.6 Å². The molecule has 4 rings (SSSR count). The Hall–Kier alpha value is -2.98. The second kappa shape index (κ2) is 11.9. The number of carbonyl (C=O) groups is 3. The highest BCUT2D eigenvalue weighted by Crippen LogP contribution is 2.65. The fourth-order valence-electron chi connectivity index (χ4n) is 4.15. The first-order valence-electron chi connectivity index (χ1n) is 11.9. The van der Waals surface area contributed by atoms with Crippen LogP contribution in [-0.2, 0) is 9.59 Å².